The number of halogens is 1. The molecule has 1 unspecified atom stereocenters. The quantitative estimate of drug-likeness (QED) is 0.523. The van der Waals surface area contributed by atoms with Gasteiger partial charge in [-0.3, -0.25) is 0 Å². The SMILES string of the molecule is CCOC(=O)C1=C(C)OC(N)=C(C#N)C1c1cc(F)ccc1B(O)O. The summed E-state index contributed by atoms with van der Waals surface area (Å²) in [6, 6.07) is 5.05. The van der Waals surface area contributed by atoms with Crippen LogP contribution in [0.3, 0.4) is 0 Å². The van der Waals surface area contributed by atoms with E-state index >= 15 is 0 Å². The van der Waals surface area contributed by atoms with Gasteiger partial charge in [-0.25, -0.2) is 9.18 Å². The number of esters is 1. The maximum absolute atomic E-state index is 13.8. The fourth-order valence-corrected chi connectivity index (χ4v) is 2.70. The Morgan fingerprint density at radius 1 is 1.52 bits per heavy atom. The lowest BCUT2D eigenvalue weighted by molar-refractivity contribution is -0.139. The smallest absolute Gasteiger partial charge is 0.463 e. The van der Waals surface area contributed by atoms with Crippen LogP contribution in [0, 0.1) is 17.1 Å². The van der Waals surface area contributed by atoms with Crippen LogP contribution in [0.25, 0.3) is 0 Å². The summed E-state index contributed by atoms with van der Waals surface area (Å²) in [5.74, 6) is -2.76. The summed E-state index contributed by atoms with van der Waals surface area (Å²) in [4.78, 5) is 12.4. The van der Waals surface area contributed by atoms with Crippen molar-refractivity contribution in [2.45, 2.75) is 19.8 Å². The van der Waals surface area contributed by atoms with Gasteiger partial charge >= 0.3 is 13.1 Å². The van der Waals surface area contributed by atoms with E-state index in [2.05, 4.69) is 0 Å². The molecule has 1 aromatic rings. The summed E-state index contributed by atoms with van der Waals surface area (Å²) < 4.78 is 24.1. The average molecular weight is 346 g/mol. The first-order valence-electron chi connectivity index (χ1n) is 7.42. The van der Waals surface area contributed by atoms with E-state index in [-0.39, 0.29) is 40.4 Å². The lowest BCUT2D eigenvalue weighted by Gasteiger charge is -2.28. The Morgan fingerprint density at radius 2 is 2.20 bits per heavy atom. The number of allylic oxidation sites excluding steroid dienone is 2. The lowest BCUT2D eigenvalue weighted by atomic mass is 9.70. The van der Waals surface area contributed by atoms with Crippen LogP contribution in [0.15, 0.2) is 41.0 Å². The molecule has 0 amide bonds. The predicted octanol–water partition coefficient (Wildman–Crippen LogP) is 0.150. The molecule has 2 rings (SSSR count). The van der Waals surface area contributed by atoms with Gasteiger partial charge < -0.3 is 25.3 Å². The number of nitrogens with zero attached hydrogens (tertiary/aromatic N) is 1. The highest BCUT2D eigenvalue weighted by atomic mass is 19.1. The van der Waals surface area contributed by atoms with Gasteiger partial charge in [0.2, 0.25) is 5.88 Å². The van der Waals surface area contributed by atoms with Gasteiger partial charge in [0.1, 0.15) is 23.2 Å². The van der Waals surface area contributed by atoms with Crippen molar-refractivity contribution < 1.29 is 28.7 Å². The highest BCUT2D eigenvalue weighted by Crippen LogP contribution is 2.39. The molecule has 25 heavy (non-hydrogen) atoms. The molecule has 0 fully saturated rings. The van der Waals surface area contributed by atoms with Crippen LogP contribution in [-0.4, -0.2) is 29.7 Å². The predicted molar refractivity (Wildman–Crippen MR) is 86.2 cm³/mol. The zero-order valence-electron chi connectivity index (χ0n) is 13.6. The number of carbonyl (C=O) groups is 1. The maximum Gasteiger partial charge on any atom is 0.488 e. The van der Waals surface area contributed by atoms with Crippen LogP contribution < -0.4 is 11.2 Å². The second-order valence-corrected chi connectivity index (χ2v) is 5.26. The van der Waals surface area contributed by atoms with Crippen LogP contribution in [0.1, 0.15) is 25.3 Å². The molecule has 1 aliphatic rings. The van der Waals surface area contributed by atoms with E-state index in [9.17, 15) is 24.5 Å². The zero-order valence-corrected chi connectivity index (χ0v) is 13.6. The number of ether oxygens (including phenoxy) is 2. The molecule has 0 saturated carbocycles. The molecule has 0 saturated heterocycles. The van der Waals surface area contributed by atoms with Gasteiger partial charge in [-0.15, -0.1) is 0 Å². The van der Waals surface area contributed by atoms with E-state index in [0.717, 1.165) is 18.2 Å². The van der Waals surface area contributed by atoms with Crippen molar-refractivity contribution in [2.75, 3.05) is 6.61 Å². The van der Waals surface area contributed by atoms with Crippen LogP contribution in [-0.2, 0) is 14.3 Å². The molecule has 130 valence electrons. The summed E-state index contributed by atoms with van der Waals surface area (Å²) in [5, 5.41) is 28.6. The Morgan fingerprint density at radius 3 is 2.76 bits per heavy atom. The molecular formula is C16H16BFN2O5. The first kappa shape index (κ1) is 18.5. The number of rotatable bonds is 4. The summed E-state index contributed by atoms with van der Waals surface area (Å²) in [6.45, 7) is 3.13. The summed E-state index contributed by atoms with van der Waals surface area (Å²) in [6.07, 6.45) is 0. The number of nitriles is 1. The molecule has 7 nitrogen and oxygen atoms in total. The number of hydrogen-bond acceptors (Lipinski definition) is 7. The molecule has 0 bridgehead atoms. The van der Waals surface area contributed by atoms with Gasteiger partial charge in [0.15, 0.2) is 0 Å². The highest BCUT2D eigenvalue weighted by molar-refractivity contribution is 6.59. The molecule has 1 aromatic carbocycles. The third-order valence-electron chi connectivity index (χ3n) is 3.74. The van der Waals surface area contributed by atoms with E-state index in [0.29, 0.717) is 0 Å². The Kier molecular flexibility index (Phi) is 5.46. The summed E-state index contributed by atoms with van der Waals surface area (Å²) in [7, 11) is -1.94. The minimum Gasteiger partial charge on any atom is -0.463 e. The van der Waals surface area contributed by atoms with Gasteiger partial charge in [0.25, 0.3) is 0 Å². The van der Waals surface area contributed by atoms with Crippen LogP contribution in [0.2, 0.25) is 0 Å². The highest BCUT2D eigenvalue weighted by Gasteiger charge is 2.38. The minimum atomic E-state index is -1.94. The number of carbonyl (C=O) groups excluding carboxylic acids is 1. The third kappa shape index (κ3) is 3.50. The second kappa shape index (κ2) is 7.38. The molecule has 9 heteroatoms. The van der Waals surface area contributed by atoms with Crippen molar-refractivity contribution in [1.29, 1.82) is 5.26 Å². The van der Waals surface area contributed by atoms with Gasteiger partial charge in [-0.2, -0.15) is 5.26 Å². The van der Waals surface area contributed by atoms with E-state index in [4.69, 9.17) is 15.2 Å². The third-order valence-corrected chi connectivity index (χ3v) is 3.74. The molecule has 1 heterocycles. The van der Waals surface area contributed by atoms with E-state index in [1.165, 1.54) is 6.92 Å². The molecule has 0 aromatic heterocycles. The van der Waals surface area contributed by atoms with Gasteiger partial charge in [0.05, 0.1) is 18.1 Å². The molecule has 0 radical (unpaired) electrons. The molecule has 1 atom stereocenters. The van der Waals surface area contributed by atoms with E-state index in [1.54, 1.807) is 6.92 Å². The van der Waals surface area contributed by atoms with Crippen LogP contribution >= 0.6 is 0 Å². The fraction of sp³-hybridized carbons (Fsp3) is 0.250. The lowest BCUT2D eigenvalue weighted by Crippen LogP contribution is -2.37. The van der Waals surface area contributed by atoms with Gasteiger partial charge in [-0.05, 0) is 37.0 Å². The molecule has 0 spiro atoms. The van der Waals surface area contributed by atoms with Crippen molar-refractivity contribution in [3.8, 4) is 6.07 Å². The topological polar surface area (TPSA) is 126 Å². The normalized spacial score (nSPS) is 17.0. The van der Waals surface area contributed by atoms with Crippen molar-refractivity contribution in [3.63, 3.8) is 0 Å². The zero-order chi connectivity index (χ0) is 18.7. The maximum atomic E-state index is 13.8. The second-order valence-electron chi connectivity index (χ2n) is 5.26. The largest absolute Gasteiger partial charge is 0.488 e. The van der Waals surface area contributed by atoms with Crippen LogP contribution in [0.5, 0.6) is 0 Å². The standard InChI is InChI=1S/C16H16BFN2O5/c1-3-24-16(21)13-8(2)25-15(20)11(7-19)14(13)10-6-9(18)4-5-12(10)17(22)23/h4-6,14,22-23H,3,20H2,1-2H3. The summed E-state index contributed by atoms with van der Waals surface area (Å²) >= 11 is 0. The number of nitrogens with two attached hydrogens (primary N) is 1. The Hall–Kier alpha value is -2.83. The van der Waals surface area contributed by atoms with E-state index < -0.39 is 24.8 Å². The van der Waals surface area contributed by atoms with E-state index in [1.807, 2.05) is 6.07 Å². The van der Waals surface area contributed by atoms with Crippen molar-refractivity contribution >= 4 is 18.6 Å². The first-order chi connectivity index (χ1) is 11.8. The molecule has 4 N–H and O–H groups in total. The first-order valence-corrected chi connectivity index (χ1v) is 7.42. The Balaban J connectivity index is 2.76. The fourth-order valence-electron chi connectivity index (χ4n) is 2.70. The van der Waals surface area contributed by atoms with Crippen molar-refractivity contribution in [3.05, 3.63) is 52.4 Å². The summed E-state index contributed by atoms with van der Waals surface area (Å²) in [5.41, 5.74) is 5.48. The molecular weight excluding hydrogens is 330 g/mol. The monoisotopic (exact) mass is 346 g/mol. The average Bonchev–Trinajstić information content (AvgIpc) is 2.53. The van der Waals surface area contributed by atoms with Crippen molar-refractivity contribution in [2.24, 2.45) is 5.73 Å². The Bertz CT molecular complexity index is 813. The Labute approximate surface area is 143 Å². The minimum absolute atomic E-state index is 0.0141. The molecule has 1 aliphatic heterocycles. The van der Waals surface area contributed by atoms with Gasteiger partial charge in [-0.1, -0.05) is 6.07 Å². The van der Waals surface area contributed by atoms with Crippen LogP contribution in [0.4, 0.5) is 4.39 Å². The number of hydrogen-bond donors (Lipinski definition) is 3. The number of benzene rings is 1. The van der Waals surface area contributed by atoms with Gasteiger partial charge in [0, 0.05) is 0 Å². The molecule has 0 aliphatic carbocycles. The van der Waals surface area contributed by atoms with Crippen molar-refractivity contribution in [1.82, 2.24) is 0 Å².